The molecule has 0 bridgehead atoms. The van der Waals surface area contributed by atoms with Crippen molar-refractivity contribution >= 4 is 12.0 Å². The Balaban J connectivity index is 2.49. The SMILES string of the molecule is CC(C)C(CC(=O)O)NC(=O)NC1CCCCCC1O. The summed E-state index contributed by atoms with van der Waals surface area (Å²) < 4.78 is 0. The lowest BCUT2D eigenvalue weighted by molar-refractivity contribution is -0.137. The number of carbonyl (C=O) groups is 2. The van der Waals surface area contributed by atoms with E-state index in [-0.39, 0.29) is 18.4 Å². The van der Waals surface area contributed by atoms with Gasteiger partial charge in [-0.25, -0.2) is 4.79 Å². The summed E-state index contributed by atoms with van der Waals surface area (Å²) in [5.74, 6) is -0.894. The Bertz CT molecular complexity index is 333. The second-order valence-corrected chi connectivity index (χ2v) is 5.88. The van der Waals surface area contributed by atoms with E-state index in [1.54, 1.807) is 0 Å². The molecule has 6 heteroatoms. The number of nitrogens with one attached hydrogen (secondary N) is 2. The molecule has 0 aromatic rings. The third kappa shape index (κ3) is 5.77. The Hall–Kier alpha value is -1.30. The van der Waals surface area contributed by atoms with Gasteiger partial charge in [0.15, 0.2) is 0 Å². The average molecular weight is 286 g/mol. The van der Waals surface area contributed by atoms with Crippen molar-refractivity contribution in [3.63, 3.8) is 0 Å². The third-order valence-corrected chi connectivity index (χ3v) is 3.81. The minimum atomic E-state index is -0.932. The van der Waals surface area contributed by atoms with E-state index >= 15 is 0 Å². The number of aliphatic hydroxyl groups excluding tert-OH is 1. The highest BCUT2D eigenvalue weighted by Crippen LogP contribution is 2.18. The quantitative estimate of drug-likeness (QED) is 0.575. The van der Waals surface area contributed by atoms with Gasteiger partial charge in [0.25, 0.3) is 0 Å². The van der Waals surface area contributed by atoms with Gasteiger partial charge in [0.2, 0.25) is 0 Å². The Morgan fingerprint density at radius 3 is 2.45 bits per heavy atom. The highest BCUT2D eigenvalue weighted by molar-refractivity contribution is 5.76. The Labute approximate surface area is 119 Å². The van der Waals surface area contributed by atoms with Crippen LogP contribution in [0.15, 0.2) is 0 Å². The lowest BCUT2D eigenvalue weighted by atomic mass is 10.0. The summed E-state index contributed by atoms with van der Waals surface area (Å²) in [5, 5.41) is 24.3. The maximum Gasteiger partial charge on any atom is 0.315 e. The van der Waals surface area contributed by atoms with E-state index in [2.05, 4.69) is 10.6 Å². The normalized spacial score (nSPS) is 24.8. The van der Waals surface area contributed by atoms with Crippen molar-refractivity contribution < 1.29 is 19.8 Å². The van der Waals surface area contributed by atoms with Crippen LogP contribution < -0.4 is 10.6 Å². The van der Waals surface area contributed by atoms with Crippen molar-refractivity contribution in [3.05, 3.63) is 0 Å². The van der Waals surface area contributed by atoms with Gasteiger partial charge in [0, 0.05) is 6.04 Å². The number of amides is 2. The first-order valence-corrected chi connectivity index (χ1v) is 7.37. The molecule has 3 unspecified atom stereocenters. The first-order chi connectivity index (χ1) is 9.40. The molecule has 0 aromatic heterocycles. The summed E-state index contributed by atoms with van der Waals surface area (Å²) in [7, 11) is 0. The molecule has 1 fully saturated rings. The van der Waals surface area contributed by atoms with E-state index in [0.29, 0.717) is 6.42 Å². The van der Waals surface area contributed by atoms with Crippen molar-refractivity contribution in [2.45, 2.75) is 70.6 Å². The van der Waals surface area contributed by atoms with Crippen LogP contribution in [0.25, 0.3) is 0 Å². The zero-order valence-corrected chi connectivity index (χ0v) is 12.3. The van der Waals surface area contributed by atoms with E-state index in [1.807, 2.05) is 13.8 Å². The number of hydrogen-bond acceptors (Lipinski definition) is 3. The molecule has 1 saturated carbocycles. The van der Waals surface area contributed by atoms with Crippen LogP contribution in [0.1, 0.15) is 52.4 Å². The molecule has 1 aliphatic carbocycles. The minimum absolute atomic E-state index is 0.0379. The van der Waals surface area contributed by atoms with Crippen LogP contribution in [-0.2, 0) is 4.79 Å². The molecule has 0 heterocycles. The first kappa shape index (κ1) is 16.8. The topological polar surface area (TPSA) is 98.7 Å². The van der Waals surface area contributed by atoms with Crippen LogP contribution in [0.5, 0.6) is 0 Å². The zero-order valence-electron chi connectivity index (χ0n) is 12.3. The second-order valence-electron chi connectivity index (χ2n) is 5.88. The fourth-order valence-electron chi connectivity index (χ4n) is 2.48. The van der Waals surface area contributed by atoms with Crippen LogP contribution in [0.2, 0.25) is 0 Å². The van der Waals surface area contributed by atoms with Gasteiger partial charge in [-0.05, 0) is 18.8 Å². The molecule has 20 heavy (non-hydrogen) atoms. The fraction of sp³-hybridized carbons (Fsp3) is 0.857. The van der Waals surface area contributed by atoms with E-state index < -0.39 is 24.1 Å². The molecule has 0 aliphatic heterocycles. The number of carboxylic acids is 1. The van der Waals surface area contributed by atoms with E-state index in [4.69, 9.17) is 5.11 Å². The predicted molar refractivity (Wildman–Crippen MR) is 75.4 cm³/mol. The molecule has 0 saturated heterocycles. The molecule has 4 N–H and O–H groups in total. The molecule has 3 atom stereocenters. The third-order valence-electron chi connectivity index (χ3n) is 3.81. The van der Waals surface area contributed by atoms with E-state index in [1.165, 1.54) is 0 Å². The summed E-state index contributed by atoms with van der Waals surface area (Å²) in [6.45, 7) is 3.74. The molecule has 116 valence electrons. The Morgan fingerprint density at radius 2 is 1.85 bits per heavy atom. The highest BCUT2D eigenvalue weighted by atomic mass is 16.4. The maximum absolute atomic E-state index is 11.9. The number of aliphatic hydroxyl groups is 1. The molecular weight excluding hydrogens is 260 g/mol. The summed E-state index contributed by atoms with van der Waals surface area (Å²) in [5.41, 5.74) is 0. The van der Waals surface area contributed by atoms with Gasteiger partial charge in [-0.2, -0.15) is 0 Å². The van der Waals surface area contributed by atoms with Gasteiger partial charge in [0.1, 0.15) is 0 Å². The largest absolute Gasteiger partial charge is 0.481 e. The number of carboxylic acid groups (broad SMARTS) is 1. The van der Waals surface area contributed by atoms with Crippen molar-refractivity contribution in [2.75, 3.05) is 0 Å². The van der Waals surface area contributed by atoms with Crippen LogP contribution >= 0.6 is 0 Å². The van der Waals surface area contributed by atoms with Gasteiger partial charge in [-0.1, -0.05) is 33.1 Å². The molecule has 1 aliphatic rings. The van der Waals surface area contributed by atoms with Gasteiger partial charge >= 0.3 is 12.0 Å². The van der Waals surface area contributed by atoms with E-state index in [0.717, 1.165) is 25.7 Å². The number of rotatable bonds is 5. The summed E-state index contributed by atoms with van der Waals surface area (Å²) >= 11 is 0. The number of hydrogen-bond donors (Lipinski definition) is 4. The van der Waals surface area contributed by atoms with Crippen LogP contribution in [0.4, 0.5) is 4.79 Å². The van der Waals surface area contributed by atoms with Crippen LogP contribution in [-0.4, -0.2) is 40.4 Å². The van der Waals surface area contributed by atoms with Gasteiger partial charge in [-0.3, -0.25) is 4.79 Å². The first-order valence-electron chi connectivity index (χ1n) is 7.37. The molecule has 2 amide bonds. The zero-order chi connectivity index (χ0) is 15.1. The minimum Gasteiger partial charge on any atom is -0.481 e. The standard InChI is InChI=1S/C14H26N2O4/c1-9(2)11(8-13(18)19)16-14(20)15-10-6-4-3-5-7-12(10)17/h9-12,17H,3-8H2,1-2H3,(H,18,19)(H2,15,16,20). The van der Waals surface area contributed by atoms with Crippen LogP contribution in [0, 0.1) is 5.92 Å². The molecule has 0 radical (unpaired) electrons. The summed E-state index contributed by atoms with van der Waals surface area (Å²) in [6.07, 6.45) is 3.90. The molecule has 0 spiro atoms. The number of carbonyl (C=O) groups excluding carboxylic acids is 1. The maximum atomic E-state index is 11.9. The number of aliphatic carboxylic acids is 1. The molecule has 1 rings (SSSR count). The van der Waals surface area contributed by atoms with Gasteiger partial charge < -0.3 is 20.8 Å². The van der Waals surface area contributed by atoms with Gasteiger partial charge in [-0.15, -0.1) is 0 Å². The lowest BCUT2D eigenvalue weighted by Crippen LogP contribution is -2.51. The Morgan fingerprint density at radius 1 is 1.20 bits per heavy atom. The monoisotopic (exact) mass is 286 g/mol. The van der Waals surface area contributed by atoms with Crippen molar-refractivity contribution in [1.82, 2.24) is 10.6 Å². The fourth-order valence-corrected chi connectivity index (χ4v) is 2.48. The van der Waals surface area contributed by atoms with Crippen LogP contribution in [0.3, 0.4) is 0 Å². The van der Waals surface area contributed by atoms with Gasteiger partial charge in [0.05, 0.1) is 18.6 Å². The van der Waals surface area contributed by atoms with Crippen molar-refractivity contribution in [1.29, 1.82) is 0 Å². The smallest absolute Gasteiger partial charge is 0.315 e. The average Bonchev–Trinajstić information content (AvgIpc) is 2.53. The van der Waals surface area contributed by atoms with E-state index in [9.17, 15) is 14.7 Å². The molecule has 0 aromatic carbocycles. The predicted octanol–water partition coefficient (Wildman–Crippen LogP) is 1.48. The van der Waals surface area contributed by atoms with Crippen molar-refractivity contribution in [2.24, 2.45) is 5.92 Å². The highest BCUT2D eigenvalue weighted by Gasteiger charge is 2.25. The second kappa shape index (κ2) is 8.09. The lowest BCUT2D eigenvalue weighted by Gasteiger charge is -2.25. The summed E-state index contributed by atoms with van der Waals surface area (Å²) in [4.78, 5) is 22.7. The van der Waals surface area contributed by atoms with Crippen molar-refractivity contribution in [3.8, 4) is 0 Å². The Kier molecular flexibility index (Phi) is 6.78. The summed E-state index contributed by atoms with van der Waals surface area (Å²) in [6, 6.07) is -1.04. The molecular formula is C14H26N2O4. The molecule has 6 nitrogen and oxygen atoms in total. The number of urea groups is 1.